The van der Waals surface area contributed by atoms with Crippen LogP contribution in [0.1, 0.15) is 27.7 Å². The molecule has 14 heavy (non-hydrogen) atoms. The third-order valence-electron chi connectivity index (χ3n) is 1.82. The van der Waals surface area contributed by atoms with Crippen molar-refractivity contribution in [2.75, 3.05) is 13.2 Å². The summed E-state index contributed by atoms with van der Waals surface area (Å²) in [6.45, 7) is 7.39. The normalized spacial score (nSPS) is 16.3. The minimum atomic E-state index is -0.644. The van der Waals surface area contributed by atoms with E-state index in [1.807, 2.05) is 27.7 Å². The first-order valence-electron chi connectivity index (χ1n) is 5.03. The van der Waals surface area contributed by atoms with Crippen molar-refractivity contribution in [3.05, 3.63) is 0 Å². The molecular formula is C10H22O4. The molecule has 0 aliphatic heterocycles. The van der Waals surface area contributed by atoms with Crippen LogP contribution in [-0.2, 0) is 9.47 Å². The van der Waals surface area contributed by atoms with Crippen LogP contribution in [0.5, 0.6) is 0 Å². The fraction of sp³-hybridized carbons (Fsp3) is 1.00. The molecule has 0 fully saturated rings. The van der Waals surface area contributed by atoms with E-state index >= 15 is 0 Å². The number of hydrogen-bond donors (Lipinski definition) is 2. The fourth-order valence-corrected chi connectivity index (χ4v) is 1.03. The topological polar surface area (TPSA) is 58.9 Å². The lowest BCUT2D eigenvalue weighted by atomic mass is 10.1. The molecule has 4 nitrogen and oxygen atoms in total. The summed E-state index contributed by atoms with van der Waals surface area (Å²) in [5.74, 6) is 0.199. The molecule has 4 heteroatoms. The van der Waals surface area contributed by atoms with Crippen LogP contribution in [0, 0.1) is 5.92 Å². The van der Waals surface area contributed by atoms with Gasteiger partial charge in [0.1, 0.15) is 0 Å². The predicted octanol–water partition coefficient (Wildman–Crippen LogP) is 0.763. The van der Waals surface area contributed by atoms with Gasteiger partial charge in [-0.3, -0.25) is 0 Å². The number of aliphatic hydroxyl groups excluding tert-OH is 2. The first-order chi connectivity index (χ1) is 6.51. The molecule has 0 aromatic rings. The molecule has 0 saturated heterocycles. The molecule has 2 unspecified atom stereocenters. The molecule has 2 atom stereocenters. The van der Waals surface area contributed by atoms with Gasteiger partial charge in [0, 0.05) is 0 Å². The fourth-order valence-electron chi connectivity index (χ4n) is 1.03. The Morgan fingerprint density at radius 1 is 0.929 bits per heavy atom. The third kappa shape index (κ3) is 5.54. The van der Waals surface area contributed by atoms with Crippen LogP contribution in [0.25, 0.3) is 0 Å². The van der Waals surface area contributed by atoms with E-state index in [-0.39, 0.29) is 31.3 Å². The van der Waals surface area contributed by atoms with Crippen LogP contribution in [0.15, 0.2) is 0 Å². The molecule has 0 amide bonds. The van der Waals surface area contributed by atoms with E-state index < -0.39 is 6.29 Å². The van der Waals surface area contributed by atoms with Gasteiger partial charge in [-0.25, -0.2) is 0 Å². The molecule has 0 saturated carbocycles. The Kier molecular flexibility index (Phi) is 7.09. The van der Waals surface area contributed by atoms with Gasteiger partial charge in [0.05, 0.1) is 25.4 Å². The van der Waals surface area contributed by atoms with Crippen molar-refractivity contribution < 1.29 is 19.7 Å². The maximum absolute atomic E-state index is 9.01. The van der Waals surface area contributed by atoms with Gasteiger partial charge in [-0.1, -0.05) is 13.8 Å². The highest BCUT2D eigenvalue weighted by molar-refractivity contribution is 4.61. The van der Waals surface area contributed by atoms with Gasteiger partial charge >= 0.3 is 0 Å². The summed E-state index contributed by atoms with van der Waals surface area (Å²) in [6, 6.07) is 0. The van der Waals surface area contributed by atoms with Crippen LogP contribution in [0.3, 0.4) is 0 Å². The average molecular weight is 206 g/mol. The zero-order chi connectivity index (χ0) is 11.1. The first-order valence-corrected chi connectivity index (χ1v) is 5.03. The van der Waals surface area contributed by atoms with Crippen LogP contribution in [-0.4, -0.2) is 41.9 Å². The Morgan fingerprint density at radius 2 is 1.50 bits per heavy atom. The largest absolute Gasteiger partial charge is 0.394 e. The van der Waals surface area contributed by atoms with Crippen molar-refractivity contribution in [2.24, 2.45) is 5.92 Å². The van der Waals surface area contributed by atoms with E-state index in [1.165, 1.54) is 0 Å². The van der Waals surface area contributed by atoms with Crippen LogP contribution in [0.4, 0.5) is 0 Å². The summed E-state index contributed by atoms with van der Waals surface area (Å²) in [7, 11) is 0. The van der Waals surface area contributed by atoms with Gasteiger partial charge < -0.3 is 19.7 Å². The molecule has 0 heterocycles. The number of aliphatic hydroxyl groups is 2. The quantitative estimate of drug-likeness (QED) is 0.604. The summed E-state index contributed by atoms with van der Waals surface area (Å²) in [6.07, 6.45) is -0.931. The second-order valence-corrected chi connectivity index (χ2v) is 3.90. The lowest BCUT2D eigenvalue weighted by Gasteiger charge is -2.26. The molecule has 0 aromatic heterocycles. The summed E-state index contributed by atoms with van der Waals surface area (Å²) in [5, 5.41) is 18.0. The van der Waals surface area contributed by atoms with Crippen LogP contribution >= 0.6 is 0 Å². The van der Waals surface area contributed by atoms with Crippen LogP contribution in [0.2, 0.25) is 0 Å². The standard InChI is InChI=1S/C10H22O4/c1-7(2)9(5-11)14-10(6-12)13-8(3)4/h7-12H,5-6H2,1-4H3. The van der Waals surface area contributed by atoms with E-state index in [0.717, 1.165) is 0 Å². The Bertz CT molecular complexity index is 136. The Labute approximate surface area is 85.8 Å². The molecule has 86 valence electrons. The minimum Gasteiger partial charge on any atom is -0.394 e. The smallest absolute Gasteiger partial charge is 0.181 e. The van der Waals surface area contributed by atoms with E-state index in [0.29, 0.717) is 0 Å². The van der Waals surface area contributed by atoms with Gasteiger partial charge in [0.15, 0.2) is 6.29 Å². The minimum absolute atomic E-state index is 0.00125. The number of ether oxygens (including phenoxy) is 2. The van der Waals surface area contributed by atoms with Crippen molar-refractivity contribution in [3.63, 3.8) is 0 Å². The Morgan fingerprint density at radius 3 is 1.79 bits per heavy atom. The SMILES string of the molecule is CC(C)OC(CO)OC(CO)C(C)C. The predicted molar refractivity (Wildman–Crippen MR) is 53.9 cm³/mol. The van der Waals surface area contributed by atoms with Crippen molar-refractivity contribution in [2.45, 2.75) is 46.2 Å². The van der Waals surface area contributed by atoms with Crippen LogP contribution < -0.4 is 0 Å². The van der Waals surface area contributed by atoms with Gasteiger partial charge in [-0.15, -0.1) is 0 Å². The summed E-state index contributed by atoms with van der Waals surface area (Å²) >= 11 is 0. The summed E-state index contributed by atoms with van der Waals surface area (Å²) in [4.78, 5) is 0. The molecular weight excluding hydrogens is 184 g/mol. The first kappa shape index (κ1) is 13.8. The van der Waals surface area contributed by atoms with Gasteiger partial charge in [0.2, 0.25) is 0 Å². The van der Waals surface area contributed by atoms with E-state index in [1.54, 1.807) is 0 Å². The maximum Gasteiger partial charge on any atom is 0.181 e. The molecule has 0 aliphatic carbocycles. The zero-order valence-corrected chi connectivity index (χ0v) is 9.43. The second-order valence-electron chi connectivity index (χ2n) is 3.90. The van der Waals surface area contributed by atoms with Crippen molar-refractivity contribution in [1.82, 2.24) is 0 Å². The van der Waals surface area contributed by atoms with Gasteiger partial charge in [-0.05, 0) is 19.8 Å². The van der Waals surface area contributed by atoms with Crippen molar-refractivity contribution >= 4 is 0 Å². The second kappa shape index (κ2) is 7.17. The molecule has 0 spiro atoms. The lowest BCUT2D eigenvalue weighted by Crippen LogP contribution is -2.34. The summed E-state index contributed by atoms with van der Waals surface area (Å²) < 4.78 is 10.7. The third-order valence-corrected chi connectivity index (χ3v) is 1.82. The van der Waals surface area contributed by atoms with Gasteiger partial charge in [-0.2, -0.15) is 0 Å². The maximum atomic E-state index is 9.01. The number of hydrogen-bond acceptors (Lipinski definition) is 4. The van der Waals surface area contributed by atoms with Crippen molar-refractivity contribution in [3.8, 4) is 0 Å². The van der Waals surface area contributed by atoms with Crippen molar-refractivity contribution in [1.29, 1.82) is 0 Å². The van der Waals surface area contributed by atoms with E-state index in [2.05, 4.69) is 0 Å². The highest BCUT2D eigenvalue weighted by Gasteiger charge is 2.19. The van der Waals surface area contributed by atoms with E-state index in [9.17, 15) is 0 Å². The molecule has 0 aromatic carbocycles. The summed E-state index contributed by atoms with van der Waals surface area (Å²) in [5.41, 5.74) is 0. The highest BCUT2D eigenvalue weighted by Crippen LogP contribution is 2.10. The van der Waals surface area contributed by atoms with E-state index in [4.69, 9.17) is 19.7 Å². The molecule has 0 rings (SSSR count). The molecule has 0 bridgehead atoms. The number of rotatable bonds is 7. The zero-order valence-electron chi connectivity index (χ0n) is 9.43. The highest BCUT2D eigenvalue weighted by atomic mass is 16.7. The average Bonchev–Trinajstić information content (AvgIpc) is 2.10. The molecule has 2 N–H and O–H groups in total. The molecule has 0 radical (unpaired) electrons. The molecule has 0 aliphatic rings. The Balaban J connectivity index is 4.00. The van der Waals surface area contributed by atoms with Gasteiger partial charge in [0.25, 0.3) is 0 Å². The lowest BCUT2D eigenvalue weighted by molar-refractivity contribution is -0.216. The monoisotopic (exact) mass is 206 g/mol. The Hall–Kier alpha value is -0.160.